The molecule has 0 aromatic carbocycles. The summed E-state index contributed by atoms with van der Waals surface area (Å²) in [5.41, 5.74) is 4.84. The van der Waals surface area contributed by atoms with Gasteiger partial charge in [-0.15, -0.1) is 0 Å². The van der Waals surface area contributed by atoms with E-state index in [1.807, 2.05) is 0 Å². The molecule has 0 aromatic heterocycles. The van der Waals surface area contributed by atoms with Gasteiger partial charge in [-0.3, -0.25) is 9.59 Å². The number of carboxylic acids is 1. The molecular formula is C8H16N2O4. The highest BCUT2D eigenvalue weighted by Gasteiger charge is 2.05. The van der Waals surface area contributed by atoms with Crippen LogP contribution in [0.5, 0.6) is 0 Å². The molecule has 1 amide bonds. The molecule has 6 nitrogen and oxygen atoms in total. The van der Waals surface area contributed by atoms with Crippen LogP contribution < -0.4 is 5.73 Å². The Bertz CT molecular complexity index is 178. The lowest BCUT2D eigenvalue weighted by molar-refractivity contribution is -0.138. The lowest BCUT2D eigenvalue weighted by Gasteiger charge is -2.21. The van der Waals surface area contributed by atoms with Crippen LogP contribution in [-0.4, -0.2) is 54.7 Å². The van der Waals surface area contributed by atoms with Crippen LogP contribution in [0.2, 0.25) is 0 Å². The monoisotopic (exact) mass is 204 g/mol. The predicted molar refractivity (Wildman–Crippen MR) is 49.7 cm³/mol. The molecule has 1 aliphatic rings. The second-order valence-electron chi connectivity index (χ2n) is 2.88. The van der Waals surface area contributed by atoms with E-state index < -0.39 is 12.0 Å². The van der Waals surface area contributed by atoms with Crippen molar-refractivity contribution in [3.8, 4) is 0 Å². The van der Waals surface area contributed by atoms with Crippen molar-refractivity contribution < 1.29 is 19.4 Å². The van der Waals surface area contributed by atoms with Crippen LogP contribution in [0.1, 0.15) is 6.92 Å². The Kier molecular flexibility index (Phi) is 6.69. The van der Waals surface area contributed by atoms with Gasteiger partial charge in [0.05, 0.1) is 13.2 Å². The van der Waals surface area contributed by atoms with Gasteiger partial charge in [0.1, 0.15) is 6.04 Å². The molecule has 0 aliphatic carbocycles. The van der Waals surface area contributed by atoms with E-state index in [0.29, 0.717) is 13.2 Å². The summed E-state index contributed by atoms with van der Waals surface area (Å²) in [5, 5.41) is 7.87. The highest BCUT2D eigenvalue weighted by atomic mass is 16.5. The number of morpholine rings is 1. The van der Waals surface area contributed by atoms with Crippen LogP contribution in [0.4, 0.5) is 0 Å². The molecule has 0 bridgehead atoms. The Morgan fingerprint density at radius 2 is 2.00 bits per heavy atom. The normalized spacial score (nSPS) is 17.7. The molecular weight excluding hydrogens is 188 g/mol. The Labute approximate surface area is 82.6 Å². The average molecular weight is 204 g/mol. The number of nitrogens with zero attached hydrogens (tertiary/aromatic N) is 1. The maximum absolute atomic E-state index is 10.0. The van der Waals surface area contributed by atoms with E-state index in [2.05, 4.69) is 0 Å². The van der Waals surface area contributed by atoms with E-state index in [1.165, 1.54) is 6.92 Å². The van der Waals surface area contributed by atoms with E-state index in [-0.39, 0.29) is 0 Å². The minimum atomic E-state index is -0.963. The standard InChI is InChI=1S/C5H9NO2.C3H7NO2/c7-5-6-1-3-8-4-2-6;1-2(4)3(5)6/h5H,1-4H2;2H,4H2,1H3,(H,5,6)/t;2-/m.0/s1. The number of hydrogen-bond acceptors (Lipinski definition) is 4. The largest absolute Gasteiger partial charge is 0.480 e. The smallest absolute Gasteiger partial charge is 0.320 e. The van der Waals surface area contributed by atoms with Gasteiger partial charge < -0.3 is 20.5 Å². The van der Waals surface area contributed by atoms with Crippen molar-refractivity contribution in [1.29, 1.82) is 0 Å². The summed E-state index contributed by atoms with van der Waals surface area (Å²) in [6.45, 7) is 4.31. The third-order valence-electron chi connectivity index (χ3n) is 1.58. The summed E-state index contributed by atoms with van der Waals surface area (Å²) in [4.78, 5) is 21.3. The van der Waals surface area contributed by atoms with Crippen molar-refractivity contribution in [2.24, 2.45) is 5.73 Å². The zero-order chi connectivity index (χ0) is 11.0. The van der Waals surface area contributed by atoms with Crippen LogP contribution >= 0.6 is 0 Å². The van der Waals surface area contributed by atoms with Gasteiger partial charge in [-0.25, -0.2) is 0 Å². The molecule has 0 aromatic rings. The van der Waals surface area contributed by atoms with Crippen LogP contribution in [0.25, 0.3) is 0 Å². The minimum absolute atomic E-state index is 0.693. The molecule has 0 spiro atoms. The molecule has 1 rings (SSSR count). The number of carbonyl (C=O) groups is 2. The summed E-state index contributed by atoms with van der Waals surface area (Å²) >= 11 is 0. The third-order valence-corrected chi connectivity index (χ3v) is 1.58. The maximum Gasteiger partial charge on any atom is 0.320 e. The average Bonchev–Trinajstić information content (AvgIpc) is 2.20. The van der Waals surface area contributed by atoms with E-state index in [0.717, 1.165) is 19.5 Å². The first-order valence-corrected chi connectivity index (χ1v) is 4.33. The summed E-state index contributed by atoms with van der Waals surface area (Å²) in [6, 6.07) is -0.731. The van der Waals surface area contributed by atoms with Gasteiger partial charge in [-0.2, -0.15) is 0 Å². The quantitative estimate of drug-likeness (QED) is 0.556. The number of aliphatic carboxylic acids is 1. The molecule has 0 saturated carbocycles. The molecule has 6 heteroatoms. The molecule has 0 radical (unpaired) electrons. The lowest BCUT2D eigenvalue weighted by atomic mass is 10.4. The number of rotatable bonds is 2. The van der Waals surface area contributed by atoms with Crippen molar-refractivity contribution in [3.63, 3.8) is 0 Å². The first kappa shape index (κ1) is 12.9. The van der Waals surface area contributed by atoms with E-state index >= 15 is 0 Å². The third kappa shape index (κ3) is 6.38. The van der Waals surface area contributed by atoms with Crippen molar-refractivity contribution in [2.45, 2.75) is 13.0 Å². The van der Waals surface area contributed by atoms with E-state index in [1.54, 1.807) is 4.90 Å². The molecule has 1 heterocycles. The highest BCUT2D eigenvalue weighted by Crippen LogP contribution is 1.90. The van der Waals surface area contributed by atoms with Gasteiger partial charge in [0.2, 0.25) is 6.41 Å². The summed E-state index contributed by atoms with van der Waals surface area (Å²) in [7, 11) is 0. The van der Waals surface area contributed by atoms with Gasteiger partial charge in [-0.1, -0.05) is 0 Å². The number of carboxylic acid groups (broad SMARTS) is 1. The van der Waals surface area contributed by atoms with Gasteiger partial charge in [-0.05, 0) is 6.92 Å². The summed E-state index contributed by atoms with van der Waals surface area (Å²) in [6.07, 6.45) is 0.864. The molecule has 1 aliphatic heterocycles. The summed E-state index contributed by atoms with van der Waals surface area (Å²) in [5.74, 6) is -0.963. The predicted octanol–water partition coefficient (Wildman–Crippen LogP) is -1.11. The molecule has 82 valence electrons. The zero-order valence-corrected chi connectivity index (χ0v) is 8.18. The fourth-order valence-electron chi connectivity index (χ4n) is 0.683. The number of nitrogens with two attached hydrogens (primary N) is 1. The highest BCUT2D eigenvalue weighted by molar-refractivity contribution is 5.72. The second-order valence-corrected chi connectivity index (χ2v) is 2.88. The van der Waals surface area contributed by atoms with Gasteiger partial charge in [0.25, 0.3) is 0 Å². The maximum atomic E-state index is 10.0. The van der Waals surface area contributed by atoms with Gasteiger partial charge in [0, 0.05) is 13.1 Å². The van der Waals surface area contributed by atoms with Crippen molar-refractivity contribution >= 4 is 12.4 Å². The number of ether oxygens (including phenoxy) is 1. The molecule has 1 atom stereocenters. The number of carbonyl (C=O) groups excluding carboxylic acids is 1. The van der Waals surface area contributed by atoms with Crippen LogP contribution in [0, 0.1) is 0 Å². The minimum Gasteiger partial charge on any atom is -0.480 e. The van der Waals surface area contributed by atoms with Crippen LogP contribution in [0.15, 0.2) is 0 Å². The fraction of sp³-hybridized carbons (Fsp3) is 0.750. The molecule has 0 unspecified atom stereocenters. The number of hydrogen-bond donors (Lipinski definition) is 2. The molecule has 14 heavy (non-hydrogen) atoms. The zero-order valence-electron chi connectivity index (χ0n) is 8.18. The first-order chi connectivity index (χ1) is 6.57. The van der Waals surface area contributed by atoms with Crippen molar-refractivity contribution in [1.82, 2.24) is 4.90 Å². The molecule has 1 saturated heterocycles. The second kappa shape index (κ2) is 7.28. The number of amides is 1. The van der Waals surface area contributed by atoms with Crippen LogP contribution in [0.3, 0.4) is 0 Å². The van der Waals surface area contributed by atoms with Gasteiger partial charge in [0.15, 0.2) is 0 Å². The topological polar surface area (TPSA) is 92.9 Å². The Morgan fingerprint density at radius 3 is 2.21 bits per heavy atom. The fourth-order valence-corrected chi connectivity index (χ4v) is 0.683. The molecule has 3 N–H and O–H groups in total. The van der Waals surface area contributed by atoms with Gasteiger partial charge >= 0.3 is 5.97 Å². The van der Waals surface area contributed by atoms with E-state index in [4.69, 9.17) is 15.6 Å². The van der Waals surface area contributed by atoms with Crippen LogP contribution in [-0.2, 0) is 14.3 Å². The first-order valence-electron chi connectivity index (χ1n) is 4.33. The SMILES string of the molecule is C[C@H](N)C(=O)O.O=CN1CCOCC1. The van der Waals surface area contributed by atoms with Crippen molar-refractivity contribution in [3.05, 3.63) is 0 Å². The Balaban J connectivity index is 0.000000255. The Morgan fingerprint density at radius 1 is 1.57 bits per heavy atom. The Hall–Kier alpha value is -1.14. The van der Waals surface area contributed by atoms with E-state index in [9.17, 15) is 9.59 Å². The molecule has 1 fully saturated rings. The summed E-state index contributed by atoms with van der Waals surface area (Å²) < 4.78 is 5.00. The lowest BCUT2D eigenvalue weighted by Crippen LogP contribution is -2.34. The van der Waals surface area contributed by atoms with Crippen molar-refractivity contribution in [2.75, 3.05) is 26.3 Å².